The average Bonchev–Trinajstić information content (AvgIpc) is 2.52. The molecule has 1 aliphatic rings. The van der Waals surface area contributed by atoms with E-state index < -0.39 is 10.0 Å². The minimum absolute atomic E-state index is 0.201. The molecule has 1 aromatic rings. The Morgan fingerprint density at radius 1 is 1.09 bits per heavy atom. The van der Waals surface area contributed by atoms with Crippen LogP contribution in [0.5, 0.6) is 0 Å². The van der Waals surface area contributed by atoms with Crippen LogP contribution in [0.2, 0.25) is 0 Å². The number of carbonyl (C=O) groups is 1. The van der Waals surface area contributed by atoms with E-state index in [1.54, 1.807) is 0 Å². The Kier molecular flexibility index (Phi) is 5.16. The number of sulfonamides is 1. The van der Waals surface area contributed by atoms with Gasteiger partial charge in [0, 0.05) is 13.1 Å². The summed E-state index contributed by atoms with van der Waals surface area (Å²) in [4.78, 5) is 12.0. The summed E-state index contributed by atoms with van der Waals surface area (Å²) in [6.07, 6.45) is 1.02. The Morgan fingerprint density at radius 2 is 1.57 bits per heavy atom. The fourth-order valence-corrected chi connectivity index (χ4v) is 5.24. The number of hydrogen-bond acceptors (Lipinski definition) is 4. The van der Waals surface area contributed by atoms with E-state index in [0.29, 0.717) is 30.8 Å². The second kappa shape index (κ2) is 6.61. The first-order valence-electron chi connectivity index (χ1n) is 7.85. The highest BCUT2D eigenvalue weighted by molar-refractivity contribution is 7.89. The lowest BCUT2D eigenvalue weighted by atomic mass is 9.99. The quantitative estimate of drug-likeness (QED) is 0.794. The van der Waals surface area contributed by atoms with Gasteiger partial charge in [-0.3, -0.25) is 4.79 Å². The molecule has 23 heavy (non-hydrogen) atoms. The van der Waals surface area contributed by atoms with Crippen LogP contribution in [0.25, 0.3) is 0 Å². The number of piperidine rings is 1. The van der Waals surface area contributed by atoms with Gasteiger partial charge in [-0.25, -0.2) is 8.42 Å². The molecule has 6 heteroatoms. The highest BCUT2D eigenvalue weighted by atomic mass is 32.2. The number of rotatable bonds is 3. The Bertz CT molecular complexity index is 690. The minimum Gasteiger partial charge on any atom is -0.469 e. The van der Waals surface area contributed by atoms with Crippen LogP contribution in [0.4, 0.5) is 0 Å². The molecule has 128 valence electrons. The molecular formula is C17H25NO4S. The molecule has 1 heterocycles. The van der Waals surface area contributed by atoms with Crippen molar-refractivity contribution in [2.75, 3.05) is 20.2 Å². The zero-order valence-electron chi connectivity index (χ0n) is 14.5. The van der Waals surface area contributed by atoms with Gasteiger partial charge < -0.3 is 4.74 Å². The van der Waals surface area contributed by atoms with Crippen molar-refractivity contribution in [2.24, 2.45) is 5.92 Å². The molecule has 1 saturated heterocycles. The van der Waals surface area contributed by atoms with Crippen LogP contribution in [0.1, 0.15) is 35.1 Å². The highest BCUT2D eigenvalue weighted by Crippen LogP contribution is 2.31. The van der Waals surface area contributed by atoms with Crippen LogP contribution in [0.3, 0.4) is 0 Å². The monoisotopic (exact) mass is 339 g/mol. The molecule has 0 N–H and O–H groups in total. The van der Waals surface area contributed by atoms with E-state index >= 15 is 0 Å². The van der Waals surface area contributed by atoms with Gasteiger partial charge in [0.15, 0.2) is 0 Å². The Labute approximate surface area is 138 Å². The van der Waals surface area contributed by atoms with Gasteiger partial charge in [0.05, 0.1) is 17.9 Å². The van der Waals surface area contributed by atoms with Gasteiger partial charge in [-0.2, -0.15) is 4.31 Å². The van der Waals surface area contributed by atoms with Gasteiger partial charge in [-0.05, 0) is 62.8 Å². The second-order valence-electron chi connectivity index (χ2n) is 6.29. The van der Waals surface area contributed by atoms with Gasteiger partial charge in [0.1, 0.15) is 0 Å². The number of benzene rings is 1. The third-order valence-corrected chi connectivity index (χ3v) is 7.06. The molecule has 1 fully saturated rings. The second-order valence-corrected chi connectivity index (χ2v) is 8.17. The number of aryl methyl sites for hydroxylation is 2. The van der Waals surface area contributed by atoms with E-state index in [-0.39, 0.29) is 11.9 Å². The molecule has 0 radical (unpaired) electrons. The van der Waals surface area contributed by atoms with Crippen molar-refractivity contribution in [3.05, 3.63) is 28.3 Å². The number of esters is 1. The molecule has 0 amide bonds. The summed E-state index contributed by atoms with van der Waals surface area (Å²) in [6.45, 7) is 8.29. The summed E-state index contributed by atoms with van der Waals surface area (Å²) in [5.41, 5.74) is 3.58. The number of carbonyl (C=O) groups excluding carboxylic acids is 1. The average molecular weight is 339 g/mol. The maximum atomic E-state index is 13.1. The molecule has 0 spiro atoms. The molecule has 2 rings (SSSR count). The van der Waals surface area contributed by atoms with E-state index in [1.165, 1.54) is 11.4 Å². The lowest BCUT2D eigenvalue weighted by molar-refractivity contribution is -0.146. The number of nitrogens with zero attached hydrogens (tertiary/aromatic N) is 1. The van der Waals surface area contributed by atoms with Crippen LogP contribution < -0.4 is 0 Å². The first-order chi connectivity index (χ1) is 10.7. The highest BCUT2D eigenvalue weighted by Gasteiger charge is 2.34. The molecule has 5 nitrogen and oxygen atoms in total. The summed E-state index contributed by atoms with van der Waals surface area (Å²) in [7, 11) is -2.17. The molecule has 0 aliphatic carbocycles. The van der Waals surface area contributed by atoms with E-state index in [0.717, 1.165) is 22.3 Å². The van der Waals surface area contributed by atoms with Gasteiger partial charge in [0.2, 0.25) is 10.0 Å². The molecule has 0 bridgehead atoms. The third-order valence-electron chi connectivity index (χ3n) is 4.88. The fourth-order valence-electron chi connectivity index (χ4n) is 3.20. The predicted octanol–water partition coefficient (Wildman–Crippen LogP) is 2.49. The van der Waals surface area contributed by atoms with Crippen LogP contribution in [0, 0.1) is 33.6 Å². The number of hydrogen-bond donors (Lipinski definition) is 0. The largest absolute Gasteiger partial charge is 0.469 e. The van der Waals surface area contributed by atoms with Crippen LogP contribution in [0.15, 0.2) is 11.0 Å². The van der Waals surface area contributed by atoms with Gasteiger partial charge >= 0.3 is 5.97 Å². The third kappa shape index (κ3) is 3.28. The van der Waals surface area contributed by atoms with Crippen molar-refractivity contribution in [3.63, 3.8) is 0 Å². The first kappa shape index (κ1) is 17.9. The minimum atomic E-state index is -3.54. The SMILES string of the molecule is COC(=O)C1CCN(S(=O)(=O)c2c(C)c(C)cc(C)c2C)CC1. The maximum Gasteiger partial charge on any atom is 0.308 e. The van der Waals surface area contributed by atoms with E-state index in [4.69, 9.17) is 4.74 Å². The van der Waals surface area contributed by atoms with E-state index in [2.05, 4.69) is 0 Å². The Balaban J connectivity index is 2.33. The standard InChI is InChI=1S/C17H25NO4S/c1-11-10-12(2)14(4)16(13(11)3)23(20,21)18-8-6-15(7-9-18)17(19)22-5/h10,15H,6-9H2,1-5H3. The van der Waals surface area contributed by atoms with Crippen molar-refractivity contribution < 1.29 is 17.9 Å². The molecule has 1 aliphatic heterocycles. The van der Waals surface area contributed by atoms with Crippen molar-refractivity contribution in [2.45, 2.75) is 45.4 Å². The first-order valence-corrected chi connectivity index (χ1v) is 9.29. The topological polar surface area (TPSA) is 63.7 Å². The summed E-state index contributed by atoms with van der Waals surface area (Å²) in [6, 6.07) is 2.02. The molecular weight excluding hydrogens is 314 g/mol. The Morgan fingerprint density at radius 3 is 2.00 bits per heavy atom. The maximum absolute atomic E-state index is 13.1. The molecule has 0 atom stereocenters. The summed E-state index contributed by atoms with van der Waals surface area (Å²) < 4.78 is 32.4. The number of ether oxygens (including phenoxy) is 1. The lowest BCUT2D eigenvalue weighted by Crippen LogP contribution is -2.41. The molecule has 0 unspecified atom stereocenters. The van der Waals surface area contributed by atoms with Crippen LogP contribution >= 0.6 is 0 Å². The normalized spacial score (nSPS) is 17.3. The van der Waals surface area contributed by atoms with E-state index in [1.807, 2.05) is 33.8 Å². The van der Waals surface area contributed by atoms with Crippen molar-refractivity contribution in [1.82, 2.24) is 4.31 Å². The molecule has 1 aromatic carbocycles. The van der Waals surface area contributed by atoms with Crippen LogP contribution in [-0.4, -0.2) is 38.9 Å². The van der Waals surface area contributed by atoms with Crippen molar-refractivity contribution in [3.8, 4) is 0 Å². The van der Waals surface area contributed by atoms with Gasteiger partial charge in [-0.15, -0.1) is 0 Å². The summed E-state index contributed by atoms with van der Waals surface area (Å²) in [5.74, 6) is -0.450. The van der Waals surface area contributed by atoms with Crippen LogP contribution in [-0.2, 0) is 19.6 Å². The van der Waals surface area contributed by atoms with Gasteiger partial charge in [0.25, 0.3) is 0 Å². The lowest BCUT2D eigenvalue weighted by Gasteiger charge is -2.31. The predicted molar refractivity (Wildman–Crippen MR) is 88.9 cm³/mol. The zero-order valence-corrected chi connectivity index (χ0v) is 15.3. The zero-order chi connectivity index (χ0) is 17.4. The van der Waals surface area contributed by atoms with E-state index in [9.17, 15) is 13.2 Å². The summed E-state index contributed by atoms with van der Waals surface area (Å²) in [5, 5.41) is 0. The van der Waals surface area contributed by atoms with Gasteiger partial charge in [-0.1, -0.05) is 6.07 Å². The van der Waals surface area contributed by atoms with Crippen molar-refractivity contribution >= 4 is 16.0 Å². The molecule has 0 aromatic heterocycles. The number of methoxy groups -OCH3 is 1. The Hall–Kier alpha value is -1.40. The fraction of sp³-hybridized carbons (Fsp3) is 0.588. The smallest absolute Gasteiger partial charge is 0.308 e. The van der Waals surface area contributed by atoms with Crippen molar-refractivity contribution in [1.29, 1.82) is 0 Å². The molecule has 0 saturated carbocycles. The summed E-state index contributed by atoms with van der Waals surface area (Å²) >= 11 is 0.